The van der Waals surface area contributed by atoms with E-state index in [-0.39, 0.29) is 6.04 Å². The zero-order chi connectivity index (χ0) is 16.9. The molecule has 2 heterocycles. The number of hydrogen-bond acceptors (Lipinski definition) is 6. The van der Waals surface area contributed by atoms with Crippen molar-refractivity contribution in [3.05, 3.63) is 48.0 Å². The molecule has 1 atom stereocenters. The van der Waals surface area contributed by atoms with Crippen molar-refractivity contribution in [3.8, 4) is 0 Å². The number of nitrogens with zero attached hydrogens (tertiary/aromatic N) is 4. The van der Waals surface area contributed by atoms with Crippen LogP contribution in [0.15, 0.2) is 46.8 Å². The fourth-order valence-electron chi connectivity index (χ4n) is 2.91. The smallest absolute Gasteiger partial charge is 0.164 e. The van der Waals surface area contributed by atoms with Crippen LogP contribution in [0.25, 0.3) is 0 Å². The predicted octanol–water partition coefficient (Wildman–Crippen LogP) is 4.57. The van der Waals surface area contributed by atoms with Crippen molar-refractivity contribution >= 4 is 34.4 Å². The number of amidine groups is 1. The zero-order valence-corrected chi connectivity index (χ0v) is 15.9. The molecule has 0 bridgehead atoms. The molecule has 0 radical (unpaired) electrons. The van der Waals surface area contributed by atoms with Gasteiger partial charge >= 0.3 is 0 Å². The van der Waals surface area contributed by atoms with Gasteiger partial charge in [-0.15, -0.1) is 11.8 Å². The van der Waals surface area contributed by atoms with E-state index in [1.807, 2.05) is 24.2 Å². The molecular formula is C18H22N4S2. The van der Waals surface area contributed by atoms with Crippen molar-refractivity contribution in [3.63, 3.8) is 0 Å². The Balaban J connectivity index is 2.12. The normalized spacial score (nSPS) is 15.2. The van der Waals surface area contributed by atoms with Crippen molar-refractivity contribution in [2.24, 2.45) is 4.99 Å². The Morgan fingerprint density at radius 3 is 2.71 bits per heavy atom. The van der Waals surface area contributed by atoms with Gasteiger partial charge in [0.15, 0.2) is 5.17 Å². The van der Waals surface area contributed by atoms with Crippen LogP contribution in [0.5, 0.6) is 0 Å². The maximum absolute atomic E-state index is 4.77. The number of thioether (sulfide) groups is 2. The van der Waals surface area contributed by atoms with E-state index in [4.69, 9.17) is 4.99 Å². The summed E-state index contributed by atoms with van der Waals surface area (Å²) in [6.45, 7) is 5.24. The molecule has 0 spiro atoms. The second-order valence-corrected chi connectivity index (χ2v) is 7.56. The molecule has 1 unspecified atom stereocenters. The van der Waals surface area contributed by atoms with Gasteiger partial charge in [0.25, 0.3) is 0 Å². The summed E-state index contributed by atoms with van der Waals surface area (Å²) in [5.74, 6) is 1.05. The van der Waals surface area contributed by atoms with Crippen molar-refractivity contribution in [1.29, 1.82) is 0 Å². The van der Waals surface area contributed by atoms with E-state index in [0.29, 0.717) is 0 Å². The summed E-state index contributed by atoms with van der Waals surface area (Å²) in [6, 6.07) is 6.82. The molecule has 3 rings (SSSR count). The van der Waals surface area contributed by atoms with Crippen molar-refractivity contribution < 1.29 is 0 Å². The Kier molecular flexibility index (Phi) is 5.79. The molecule has 4 nitrogen and oxygen atoms in total. The molecule has 24 heavy (non-hydrogen) atoms. The summed E-state index contributed by atoms with van der Waals surface area (Å²) in [5.41, 5.74) is 3.62. The lowest BCUT2D eigenvalue weighted by atomic mass is 10.1. The molecule has 1 aromatic carbocycles. The first-order valence-electron chi connectivity index (χ1n) is 8.10. The molecule has 0 saturated heterocycles. The van der Waals surface area contributed by atoms with Gasteiger partial charge in [-0.2, -0.15) is 0 Å². The van der Waals surface area contributed by atoms with E-state index in [2.05, 4.69) is 53.2 Å². The molecule has 1 aliphatic heterocycles. The first kappa shape index (κ1) is 17.3. The second kappa shape index (κ2) is 8.03. The minimum Gasteiger partial charge on any atom is -0.312 e. The Morgan fingerprint density at radius 2 is 2.08 bits per heavy atom. The number of aryl methyl sites for hydroxylation is 1. The summed E-state index contributed by atoms with van der Waals surface area (Å²) >= 11 is 3.61. The number of hydrogen-bond donors (Lipinski definition) is 0. The first-order chi connectivity index (χ1) is 11.7. The molecule has 126 valence electrons. The number of benzene rings is 1. The Morgan fingerprint density at radius 1 is 1.29 bits per heavy atom. The first-order valence-corrected chi connectivity index (χ1v) is 10.3. The second-order valence-electron chi connectivity index (χ2n) is 5.65. The molecule has 0 amide bonds. The van der Waals surface area contributed by atoms with Crippen molar-refractivity contribution in [2.45, 2.75) is 31.2 Å². The van der Waals surface area contributed by atoms with Crippen LogP contribution in [0.1, 0.15) is 30.5 Å². The van der Waals surface area contributed by atoms with E-state index in [1.54, 1.807) is 18.1 Å². The largest absolute Gasteiger partial charge is 0.312 e. The molecule has 0 aliphatic carbocycles. The summed E-state index contributed by atoms with van der Waals surface area (Å²) < 4.78 is 0. The molecule has 0 fully saturated rings. The van der Waals surface area contributed by atoms with Crippen molar-refractivity contribution in [2.75, 3.05) is 23.5 Å². The third kappa shape index (κ3) is 3.59. The van der Waals surface area contributed by atoms with Crippen molar-refractivity contribution in [1.82, 2.24) is 9.97 Å². The van der Waals surface area contributed by atoms with Gasteiger partial charge in [-0.3, -0.25) is 4.99 Å². The van der Waals surface area contributed by atoms with E-state index < -0.39 is 0 Å². The average Bonchev–Trinajstić information content (AvgIpc) is 3.14. The van der Waals surface area contributed by atoms with Crippen LogP contribution in [0.2, 0.25) is 0 Å². The number of anilines is 1. The van der Waals surface area contributed by atoms with Crippen LogP contribution in [-0.4, -0.2) is 33.7 Å². The fourth-order valence-corrected chi connectivity index (χ4v) is 4.40. The summed E-state index contributed by atoms with van der Waals surface area (Å²) in [6.07, 6.45) is 8.52. The quantitative estimate of drug-likeness (QED) is 0.733. The molecular weight excluding hydrogens is 336 g/mol. The van der Waals surface area contributed by atoms with Gasteiger partial charge in [0.05, 0.1) is 18.3 Å². The Bertz CT molecular complexity index is 718. The Hall–Kier alpha value is -1.53. The van der Waals surface area contributed by atoms with Gasteiger partial charge in [-0.1, -0.05) is 24.8 Å². The maximum Gasteiger partial charge on any atom is 0.164 e. The van der Waals surface area contributed by atoms with Crippen LogP contribution in [-0.2, 0) is 0 Å². The molecule has 2 aromatic rings. The summed E-state index contributed by atoms with van der Waals surface area (Å²) in [5, 5.41) is 1.10. The van der Waals surface area contributed by atoms with Crippen LogP contribution in [0, 0.1) is 6.92 Å². The molecule has 0 N–H and O–H groups in total. The summed E-state index contributed by atoms with van der Waals surface area (Å²) in [7, 11) is 0. The SMILES string of the molecule is CCC(c1cncnc1)N(C1=NCCS1)c1cc(C)ccc1SC. The van der Waals surface area contributed by atoms with Crippen LogP contribution in [0.3, 0.4) is 0 Å². The van der Waals surface area contributed by atoms with E-state index >= 15 is 0 Å². The van der Waals surface area contributed by atoms with Crippen LogP contribution < -0.4 is 4.90 Å². The highest BCUT2D eigenvalue weighted by atomic mass is 32.2. The highest BCUT2D eigenvalue weighted by Gasteiger charge is 2.28. The van der Waals surface area contributed by atoms with Gasteiger partial charge in [0, 0.05) is 28.6 Å². The number of aromatic nitrogens is 2. The van der Waals surface area contributed by atoms with E-state index in [9.17, 15) is 0 Å². The lowest BCUT2D eigenvalue weighted by Crippen LogP contribution is -2.33. The van der Waals surface area contributed by atoms with Gasteiger partial charge in [0.1, 0.15) is 6.33 Å². The molecule has 6 heteroatoms. The van der Waals surface area contributed by atoms with E-state index in [1.165, 1.54) is 16.1 Å². The standard InChI is InChI=1S/C18H22N4S2/c1-4-15(14-10-19-12-20-11-14)22(18-21-7-8-24-18)16-9-13(2)5-6-17(16)23-3/h5-6,9-12,15H,4,7-8H2,1-3H3. The monoisotopic (exact) mass is 358 g/mol. The number of rotatable bonds is 5. The van der Waals surface area contributed by atoms with Gasteiger partial charge < -0.3 is 4.90 Å². The summed E-state index contributed by atoms with van der Waals surface area (Å²) in [4.78, 5) is 16.9. The van der Waals surface area contributed by atoms with Crippen LogP contribution in [0.4, 0.5) is 5.69 Å². The van der Waals surface area contributed by atoms with Gasteiger partial charge in [-0.05, 0) is 37.3 Å². The average molecular weight is 359 g/mol. The van der Waals surface area contributed by atoms with Gasteiger partial charge in [0.2, 0.25) is 0 Å². The minimum atomic E-state index is 0.184. The third-order valence-electron chi connectivity index (χ3n) is 4.03. The predicted molar refractivity (Wildman–Crippen MR) is 105 cm³/mol. The van der Waals surface area contributed by atoms with Gasteiger partial charge in [-0.25, -0.2) is 9.97 Å². The highest BCUT2D eigenvalue weighted by molar-refractivity contribution is 8.14. The lowest BCUT2D eigenvalue weighted by Gasteiger charge is -2.34. The third-order valence-corrected chi connectivity index (χ3v) is 5.79. The van der Waals surface area contributed by atoms with Crippen LogP contribution >= 0.6 is 23.5 Å². The van der Waals surface area contributed by atoms with E-state index in [0.717, 1.165) is 29.4 Å². The molecule has 0 saturated carbocycles. The topological polar surface area (TPSA) is 41.4 Å². The minimum absolute atomic E-state index is 0.184. The maximum atomic E-state index is 4.77. The fraction of sp³-hybridized carbons (Fsp3) is 0.389. The molecule has 1 aromatic heterocycles. The Labute approximate surface area is 152 Å². The molecule has 1 aliphatic rings. The lowest BCUT2D eigenvalue weighted by molar-refractivity contribution is 0.677. The zero-order valence-electron chi connectivity index (χ0n) is 14.3. The number of aliphatic imine (C=N–C) groups is 1. The highest BCUT2D eigenvalue weighted by Crippen LogP contribution is 2.39.